The van der Waals surface area contributed by atoms with Crippen LogP contribution in [0.15, 0.2) is 72.9 Å². The molecular weight excluding hydrogens is 398 g/mol. The third kappa shape index (κ3) is 3.59. The Bertz CT molecular complexity index is 1330. The lowest BCUT2D eigenvalue weighted by atomic mass is 9.63. The maximum Gasteiger partial charge on any atom is 0.220 e. The van der Waals surface area contributed by atoms with Crippen molar-refractivity contribution in [1.82, 2.24) is 0 Å². The zero-order chi connectivity index (χ0) is 22.5. The molecule has 4 aromatic rings. The zero-order valence-corrected chi connectivity index (χ0v) is 20.1. The molecule has 7 rings (SSSR count). The summed E-state index contributed by atoms with van der Waals surface area (Å²) in [7, 11) is 2.19. The van der Waals surface area contributed by atoms with Crippen molar-refractivity contribution in [2.24, 2.45) is 18.9 Å². The lowest BCUT2D eigenvalue weighted by molar-refractivity contribution is -0.659. The number of fused-ring (bicyclic) bond motifs is 4. The molecule has 3 aliphatic carbocycles. The number of aromatic nitrogens is 1. The molecular formula is C32H34N+. The van der Waals surface area contributed by atoms with Gasteiger partial charge in [0, 0.05) is 6.07 Å². The second-order valence-corrected chi connectivity index (χ2v) is 10.6. The van der Waals surface area contributed by atoms with Gasteiger partial charge >= 0.3 is 0 Å². The standard InChI is InChI=1S/C32H34N/c1-21-17-28(24-7-5-4-6-8-24)20-30(22(21)2)32-29-14-13-26(19-27(29)15-16-33(32)3)31-18-23-9-11-25(31)12-10-23/h4-8,13-17,19-20,23,25,31H,9-12,18H2,1-3H3/q+1. The Morgan fingerprint density at radius 2 is 1.58 bits per heavy atom. The highest BCUT2D eigenvalue weighted by Crippen LogP contribution is 2.50. The Labute approximate surface area is 198 Å². The van der Waals surface area contributed by atoms with Crippen LogP contribution in [0, 0.1) is 25.7 Å². The van der Waals surface area contributed by atoms with Crippen molar-refractivity contribution >= 4 is 10.8 Å². The molecule has 1 heterocycles. The number of aryl methyl sites for hydroxylation is 2. The lowest BCUT2D eigenvalue weighted by Gasteiger charge is -2.42. The minimum atomic E-state index is 0.768. The van der Waals surface area contributed by atoms with E-state index < -0.39 is 0 Å². The smallest absolute Gasteiger partial charge is 0.200 e. The highest BCUT2D eigenvalue weighted by molar-refractivity contribution is 5.95. The molecule has 3 saturated carbocycles. The van der Waals surface area contributed by atoms with E-state index in [0.29, 0.717) is 0 Å². The first-order valence-corrected chi connectivity index (χ1v) is 12.7. The maximum atomic E-state index is 2.51. The van der Waals surface area contributed by atoms with Crippen LogP contribution in [0.2, 0.25) is 0 Å². The minimum Gasteiger partial charge on any atom is -0.200 e. The van der Waals surface area contributed by atoms with Crippen molar-refractivity contribution in [3.63, 3.8) is 0 Å². The molecule has 3 fully saturated rings. The van der Waals surface area contributed by atoms with Gasteiger partial charge in [0.05, 0.1) is 10.9 Å². The van der Waals surface area contributed by atoms with Gasteiger partial charge in [-0.15, -0.1) is 0 Å². The van der Waals surface area contributed by atoms with Crippen LogP contribution in [0.25, 0.3) is 33.2 Å². The van der Waals surface area contributed by atoms with E-state index in [-0.39, 0.29) is 0 Å². The highest BCUT2D eigenvalue weighted by Gasteiger charge is 2.36. The summed E-state index contributed by atoms with van der Waals surface area (Å²) in [5.41, 5.74) is 9.52. The van der Waals surface area contributed by atoms with Gasteiger partial charge in [0.25, 0.3) is 0 Å². The van der Waals surface area contributed by atoms with Crippen LogP contribution in [0.3, 0.4) is 0 Å². The molecule has 166 valence electrons. The van der Waals surface area contributed by atoms with Crippen molar-refractivity contribution < 1.29 is 4.57 Å². The molecule has 1 nitrogen and oxygen atoms in total. The predicted octanol–water partition coefficient (Wildman–Crippen LogP) is 7.91. The Morgan fingerprint density at radius 3 is 2.30 bits per heavy atom. The van der Waals surface area contributed by atoms with Crippen LogP contribution >= 0.6 is 0 Å². The largest absolute Gasteiger partial charge is 0.220 e. The first kappa shape index (κ1) is 20.7. The fourth-order valence-corrected chi connectivity index (χ4v) is 6.65. The average Bonchev–Trinajstić information content (AvgIpc) is 2.87. The van der Waals surface area contributed by atoms with Crippen molar-refractivity contribution in [2.45, 2.75) is 51.9 Å². The van der Waals surface area contributed by atoms with Crippen LogP contribution in [0.5, 0.6) is 0 Å². The molecule has 0 N–H and O–H groups in total. The molecule has 0 aliphatic heterocycles. The van der Waals surface area contributed by atoms with Gasteiger partial charge in [-0.2, -0.15) is 0 Å². The topological polar surface area (TPSA) is 3.88 Å². The van der Waals surface area contributed by atoms with E-state index in [1.54, 1.807) is 5.56 Å². The van der Waals surface area contributed by atoms with Gasteiger partial charge in [-0.1, -0.05) is 61.4 Å². The number of nitrogens with zero attached hydrogens (tertiary/aromatic N) is 1. The van der Waals surface area contributed by atoms with Gasteiger partial charge in [-0.05, 0) is 96.2 Å². The van der Waals surface area contributed by atoms with Gasteiger partial charge in [0.2, 0.25) is 5.69 Å². The third-order valence-electron chi connectivity index (χ3n) is 8.67. The number of benzene rings is 3. The molecule has 3 aliphatic rings. The van der Waals surface area contributed by atoms with Gasteiger partial charge in [0.1, 0.15) is 7.05 Å². The number of hydrogen-bond acceptors (Lipinski definition) is 0. The molecule has 0 spiro atoms. The first-order chi connectivity index (χ1) is 16.1. The second kappa shape index (κ2) is 8.13. The van der Waals surface area contributed by atoms with Crippen molar-refractivity contribution in [3.05, 3.63) is 89.6 Å². The zero-order valence-electron chi connectivity index (χ0n) is 20.1. The summed E-state index contributed by atoms with van der Waals surface area (Å²) in [5.74, 6) is 2.63. The fraction of sp³-hybridized carbons (Fsp3) is 0.344. The molecule has 0 radical (unpaired) electrons. The summed E-state index contributed by atoms with van der Waals surface area (Å²) in [5, 5.41) is 2.74. The summed E-state index contributed by atoms with van der Waals surface area (Å²) in [6, 6.07) is 25.2. The Kier molecular flexibility index (Phi) is 5.09. The normalized spacial score (nSPS) is 22.1. The molecule has 0 saturated heterocycles. The second-order valence-electron chi connectivity index (χ2n) is 10.6. The summed E-state index contributed by atoms with van der Waals surface area (Å²) < 4.78 is 2.31. The lowest BCUT2D eigenvalue weighted by Crippen LogP contribution is -2.31. The van der Waals surface area contributed by atoms with Crippen LogP contribution < -0.4 is 4.57 Å². The van der Waals surface area contributed by atoms with Crippen molar-refractivity contribution in [2.75, 3.05) is 0 Å². The minimum absolute atomic E-state index is 0.768. The van der Waals surface area contributed by atoms with E-state index in [1.165, 1.54) is 76.4 Å². The quantitative estimate of drug-likeness (QED) is 0.290. The Morgan fingerprint density at radius 1 is 0.788 bits per heavy atom. The average molecular weight is 433 g/mol. The molecule has 1 unspecified atom stereocenters. The van der Waals surface area contributed by atoms with Gasteiger partial charge in [0.15, 0.2) is 6.20 Å². The van der Waals surface area contributed by atoms with Crippen LogP contribution in [0.1, 0.15) is 54.7 Å². The number of pyridine rings is 1. The van der Waals surface area contributed by atoms with E-state index in [1.807, 2.05) is 0 Å². The molecule has 3 aromatic carbocycles. The number of hydrogen-bond donors (Lipinski definition) is 0. The Balaban J connectivity index is 1.49. The van der Waals surface area contributed by atoms with E-state index in [4.69, 9.17) is 0 Å². The van der Waals surface area contributed by atoms with E-state index in [9.17, 15) is 0 Å². The third-order valence-corrected chi connectivity index (χ3v) is 8.67. The summed E-state index contributed by atoms with van der Waals surface area (Å²) in [6.07, 6.45) is 9.45. The van der Waals surface area contributed by atoms with Gasteiger partial charge in [-0.3, -0.25) is 0 Å². The van der Waals surface area contributed by atoms with Gasteiger partial charge < -0.3 is 0 Å². The van der Waals surface area contributed by atoms with Gasteiger partial charge in [-0.25, -0.2) is 4.57 Å². The molecule has 0 amide bonds. The molecule has 2 bridgehead atoms. The summed E-state index contributed by atoms with van der Waals surface area (Å²) in [6.45, 7) is 4.51. The summed E-state index contributed by atoms with van der Waals surface area (Å²) in [4.78, 5) is 0. The monoisotopic (exact) mass is 432 g/mol. The molecule has 1 heteroatoms. The van der Waals surface area contributed by atoms with Crippen molar-refractivity contribution in [1.29, 1.82) is 0 Å². The molecule has 33 heavy (non-hydrogen) atoms. The maximum absolute atomic E-state index is 2.51. The van der Waals surface area contributed by atoms with Crippen LogP contribution in [0.4, 0.5) is 0 Å². The first-order valence-electron chi connectivity index (χ1n) is 12.7. The molecule has 1 atom stereocenters. The van der Waals surface area contributed by atoms with E-state index in [0.717, 1.165) is 17.8 Å². The summed E-state index contributed by atoms with van der Waals surface area (Å²) >= 11 is 0. The fourth-order valence-electron chi connectivity index (χ4n) is 6.65. The predicted molar refractivity (Wildman–Crippen MR) is 138 cm³/mol. The highest BCUT2D eigenvalue weighted by atomic mass is 14.9. The van der Waals surface area contributed by atoms with E-state index >= 15 is 0 Å². The number of rotatable bonds is 3. The van der Waals surface area contributed by atoms with E-state index in [2.05, 4.69) is 98.4 Å². The van der Waals surface area contributed by atoms with Crippen LogP contribution in [-0.4, -0.2) is 0 Å². The Hall–Kier alpha value is -2.93. The SMILES string of the molecule is Cc1cc(-c2ccccc2)cc(-c2c3ccc(C4CC5CCC4CC5)cc3cc[n+]2C)c1C. The molecule has 1 aromatic heterocycles. The van der Waals surface area contributed by atoms with Crippen LogP contribution in [-0.2, 0) is 7.05 Å². The van der Waals surface area contributed by atoms with Crippen molar-refractivity contribution in [3.8, 4) is 22.4 Å².